The number of ether oxygens (including phenoxy) is 1. The third kappa shape index (κ3) is 1.95. The highest BCUT2D eigenvalue weighted by Gasteiger charge is 2.32. The van der Waals surface area contributed by atoms with Crippen molar-refractivity contribution in [1.29, 1.82) is 0 Å². The van der Waals surface area contributed by atoms with Crippen LogP contribution in [0, 0.1) is 0 Å². The summed E-state index contributed by atoms with van der Waals surface area (Å²) in [6.07, 6.45) is 5.03. The SMILES string of the molecule is C1CNC2(CCCOCC2)SC1. The lowest BCUT2D eigenvalue weighted by Gasteiger charge is -2.36. The molecule has 2 rings (SSSR count). The van der Waals surface area contributed by atoms with Crippen molar-refractivity contribution in [3.63, 3.8) is 0 Å². The average Bonchev–Trinajstić information content (AvgIpc) is 2.33. The first-order valence-electron chi connectivity index (χ1n) is 4.88. The highest BCUT2D eigenvalue weighted by atomic mass is 32.2. The molecule has 0 saturated carbocycles. The molecule has 2 saturated heterocycles. The van der Waals surface area contributed by atoms with Gasteiger partial charge in [-0.05, 0) is 38.0 Å². The fraction of sp³-hybridized carbons (Fsp3) is 1.00. The molecule has 3 heteroatoms. The number of nitrogens with one attached hydrogen (secondary N) is 1. The molecule has 0 bridgehead atoms. The van der Waals surface area contributed by atoms with Gasteiger partial charge in [0.2, 0.25) is 0 Å². The molecule has 1 unspecified atom stereocenters. The van der Waals surface area contributed by atoms with Gasteiger partial charge < -0.3 is 10.1 Å². The Hall–Kier alpha value is 0.270. The van der Waals surface area contributed by atoms with Crippen LogP contribution in [-0.2, 0) is 4.74 Å². The highest BCUT2D eigenvalue weighted by molar-refractivity contribution is 8.00. The molecule has 0 amide bonds. The van der Waals surface area contributed by atoms with Gasteiger partial charge in [-0.3, -0.25) is 0 Å². The smallest absolute Gasteiger partial charge is 0.0668 e. The van der Waals surface area contributed by atoms with Gasteiger partial charge in [0.1, 0.15) is 0 Å². The van der Waals surface area contributed by atoms with E-state index in [1.54, 1.807) is 0 Å². The van der Waals surface area contributed by atoms with Crippen molar-refractivity contribution in [3.05, 3.63) is 0 Å². The molecule has 0 aromatic heterocycles. The Morgan fingerprint density at radius 2 is 2.17 bits per heavy atom. The molecule has 2 fully saturated rings. The molecule has 0 aliphatic carbocycles. The summed E-state index contributed by atoms with van der Waals surface area (Å²) in [4.78, 5) is 0.384. The fourth-order valence-corrected chi connectivity index (χ4v) is 3.35. The van der Waals surface area contributed by atoms with Gasteiger partial charge in [-0.15, -0.1) is 11.8 Å². The van der Waals surface area contributed by atoms with Gasteiger partial charge in [0.25, 0.3) is 0 Å². The minimum absolute atomic E-state index is 0.384. The van der Waals surface area contributed by atoms with E-state index in [0.717, 1.165) is 13.2 Å². The van der Waals surface area contributed by atoms with Crippen molar-refractivity contribution in [2.75, 3.05) is 25.5 Å². The molecule has 2 aliphatic rings. The lowest BCUT2D eigenvalue weighted by molar-refractivity contribution is 0.141. The Balaban J connectivity index is 1.95. The summed E-state index contributed by atoms with van der Waals surface area (Å²) in [7, 11) is 0. The van der Waals surface area contributed by atoms with Gasteiger partial charge in [0, 0.05) is 13.2 Å². The van der Waals surface area contributed by atoms with Crippen LogP contribution in [0.3, 0.4) is 0 Å². The van der Waals surface area contributed by atoms with E-state index >= 15 is 0 Å². The Kier molecular flexibility index (Phi) is 2.94. The van der Waals surface area contributed by atoms with Crippen LogP contribution < -0.4 is 5.32 Å². The number of thioether (sulfide) groups is 1. The van der Waals surface area contributed by atoms with E-state index in [-0.39, 0.29) is 0 Å². The van der Waals surface area contributed by atoms with Crippen LogP contribution in [0.15, 0.2) is 0 Å². The summed E-state index contributed by atoms with van der Waals surface area (Å²) in [5.74, 6) is 1.33. The van der Waals surface area contributed by atoms with Crippen LogP contribution in [0.1, 0.15) is 25.7 Å². The van der Waals surface area contributed by atoms with Crippen LogP contribution in [0.25, 0.3) is 0 Å². The van der Waals surface area contributed by atoms with Crippen LogP contribution in [-0.4, -0.2) is 30.4 Å². The van der Waals surface area contributed by atoms with E-state index < -0.39 is 0 Å². The number of rotatable bonds is 0. The third-order valence-corrected chi connectivity index (χ3v) is 4.26. The molecule has 1 spiro atoms. The maximum atomic E-state index is 5.47. The van der Waals surface area contributed by atoms with Crippen molar-refractivity contribution in [2.45, 2.75) is 30.6 Å². The normalized spacial score (nSPS) is 38.0. The second kappa shape index (κ2) is 3.99. The zero-order valence-electron chi connectivity index (χ0n) is 7.47. The van der Waals surface area contributed by atoms with Gasteiger partial charge in [-0.25, -0.2) is 0 Å². The molecule has 2 aliphatic heterocycles. The van der Waals surface area contributed by atoms with Crippen molar-refractivity contribution in [3.8, 4) is 0 Å². The lowest BCUT2D eigenvalue weighted by Crippen LogP contribution is -2.46. The minimum Gasteiger partial charge on any atom is -0.381 e. The molecule has 70 valence electrons. The first-order valence-corrected chi connectivity index (χ1v) is 5.87. The molecule has 2 nitrogen and oxygen atoms in total. The monoisotopic (exact) mass is 187 g/mol. The van der Waals surface area contributed by atoms with Crippen LogP contribution in [0.4, 0.5) is 0 Å². The zero-order chi connectivity index (χ0) is 8.28. The first-order chi connectivity index (χ1) is 5.91. The van der Waals surface area contributed by atoms with Crippen molar-refractivity contribution in [2.24, 2.45) is 0 Å². The van der Waals surface area contributed by atoms with E-state index in [1.807, 2.05) is 0 Å². The van der Waals surface area contributed by atoms with Crippen molar-refractivity contribution in [1.82, 2.24) is 5.32 Å². The van der Waals surface area contributed by atoms with Crippen LogP contribution >= 0.6 is 11.8 Å². The summed E-state index contributed by atoms with van der Waals surface area (Å²) in [6, 6.07) is 0. The quantitative estimate of drug-likeness (QED) is 0.622. The lowest BCUT2D eigenvalue weighted by atomic mass is 10.1. The summed E-state index contributed by atoms with van der Waals surface area (Å²) < 4.78 is 5.47. The summed E-state index contributed by atoms with van der Waals surface area (Å²) >= 11 is 2.11. The average molecular weight is 187 g/mol. The predicted molar refractivity (Wildman–Crippen MR) is 52.5 cm³/mol. The van der Waals surface area contributed by atoms with E-state index in [1.165, 1.54) is 38.0 Å². The van der Waals surface area contributed by atoms with Crippen molar-refractivity contribution >= 4 is 11.8 Å². The molecule has 0 radical (unpaired) electrons. The van der Waals surface area contributed by atoms with Gasteiger partial charge in [0.15, 0.2) is 0 Å². The topological polar surface area (TPSA) is 21.3 Å². The van der Waals surface area contributed by atoms with E-state index in [9.17, 15) is 0 Å². The van der Waals surface area contributed by atoms with Gasteiger partial charge >= 0.3 is 0 Å². The molecule has 1 N–H and O–H groups in total. The Labute approximate surface area is 78.4 Å². The minimum atomic E-state index is 0.384. The molecule has 1 atom stereocenters. The maximum absolute atomic E-state index is 5.47. The molecule has 2 heterocycles. The summed E-state index contributed by atoms with van der Waals surface area (Å²) in [6.45, 7) is 3.11. The standard InChI is InChI=1S/C9H17NOS/c1-3-9(4-7-11-6-1)10-5-2-8-12-9/h10H,1-8H2. The second-order valence-corrected chi connectivity index (χ2v) is 5.07. The molecular formula is C9H17NOS. The van der Waals surface area contributed by atoms with Crippen LogP contribution in [0.2, 0.25) is 0 Å². The Bertz CT molecular complexity index is 135. The fourth-order valence-electron chi connectivity index (χ4n) is 1.95. The van der Waals surface area contributed by atoms with Crippen LogP contribution in [0.5, 0.6) is 0 Å². The summed E-state index contributed by atoms with van der Waals surface area (Å²) in [5, 5.41) is 3.66. The largest absolute Gasteiger partial charge is 0.381 e. The number of hydrogen-bond acceptors (Lipinski definition) is 3. The first kappa shape index (κ1) is 8.85. The van der Waals surface area contributed by atoms with Gasteiger partial charge in [-0.2, -0.15) is 0 Å². The van der Waals surface area contributed by atoms with E-state index in [2.05, 4.69) is 17.1 Å². The third-order valence-electron chi connectivity index (χ3n) is 2.67. The summed E-state index contributed by atoms with van der Waals surface area (Å²) in [5.41, 5.74) is 0. The molecule has 0 aromatic rings. The molecule has 12 heavy (non-hydrogen) atoms. The van der Waals surface area contributed by atoms with E-state index in [4.69, 9.17) is 4.74 Å². The van der Waals surface area contributed by atoms with Gasteiger partial charge in [0.05, 0.1) is 4.87 Å². The molecular weight excluding hydrogens is 170 g/mol. The number of hydrogen-bond donors (Lipinski definition) is 1. The van der Waals surface area contributed by atoms with Gasteiger partial charge in [-0.1, -0.05) is 0 Å². The zero-order valence-corrected chi connectivity index (χ0v) is 8.29. The highest BCUT2D eigenvalue weighted by Crippen LogP contribution is 2.35. The van der Waals surface area contributed by atoms with E-state index in [0.29, 0.717) is 4.87 Å². The second-order valence-electron chi connectivity index (χ2n) is 3.59. The molecule has 0 aromatic carbocycles. The maximum Gasteiger partial charge on any atom is 0.0668 e. The predicted octanol–water partition coefficient (Wildman–Crippen LogP) is 1.61. The Morgan fingerprint density at radius 3 is 3.00 bits per heavy atom. The van der Waals surface area contributed by atoms with Crippen molar-refractivity contribution < 1.29 is 4.74 Å². The Morgan fingerprint density at radius 1 is 1.17 bits per heavy atom.